The predicted molar refractivity (Wildman–Crippen MR) is 82.0 cm³/mol. The van der Waals surface area contributed by atoms with Gasteiger partial charge >= 0.3 is 5.97 Å². The van der Waals surface area contributed by atoms with E-state index in [1.807, 2.05) is 0 Å². The van der Waals surface area contributed by atoms with Crippen LogP contribution in [-0.2, 0) is 11.2 Å². The Hall–Kier alpha value is -1.31. The summed E-state index contributed by atoms with van der Waals surface area (Å²) in [5.41, 5.74) is 2.83. The lowest BCUT2D eigenvalue weighted by molar-refractivity contribution is -0.137. The standard InChI is InChI=1S/C18H26O2/c1-14(7-12-18(19)20)13-15-8-10-17(11-9-15)16-5-3-2-4-6-16/h8-11,14,16H,2-7,12-13H2,1H3,(H,19,20). The monoisotopic (exact) mass is 274 g/mol. The van der Waals surface area contributed by atoms with E-state index >= 15 is 0 Å². The van der Waals surface area contributed by atoms with Crippen molar-refractivity contribution >= 4 is 5.97 Å². The van der Waals surface area contributed by atoms with Crippen molar-refractivity contribution in [1.29, 1.82) is 0 Å². The molecule has 0 amide bonds. The molecule has 1 saturated carbocycles. The normalized spacial score (nSPS) is 17.9. The summed E-state index contributed by atoms with van der Waals surface area (Å²) >= 11 is 0. The van der Waals surface area contributed by atoms with Gasteiger partial charge < -0.3 is 5.11 Å². The van der Waals surface area contributed by atoms with Crippen LogP contribution in [0.5, 0.6) is 0 Å². The molecule has 0 aromatic heterocycles. The number of rotatable bonds is 6. The summed E-state index contributed by atoms with van der Waals surface area (Å²) in [5, 5.41) is 8.71. The molecule has 0 spiro atoms. The van der Waals surface area contributed by atoms with Gasteiger partial charge in [0.15, 0.2) is 0 Å². The zero-order valence-electron chi connectivity index (χ0n) is 12.5. The number of aliphatic carboxylic acids is 1. The lowest BCUT2D eigenvalue weighted by Crippen LogP contribution is -2.06. The number of hydrogen-bond donors (Lipinski definition) is 1. The third-order valence-electron chi connectivity index (χ3n) is 4.49. The topological polar surface area (TPSA) is 37.3 Å². The van der Waals surface area contributed by atoms with Crippen LogP contribution < -0.4 is 0 Å². The highest BCUT2D eigenvalue weighted by Gasteiger charge is 2.15. The minimum absolute atomic E-state index is 0.279. The van der Waals surface area contributed by atoms with Gasteiger partial charge in [-0.05, 0) is 48.6 Å². The van der Waals surface area contributed by atoms with Crippen LogP contribution in [0, 0.1) is 5.92 Å². The lowest BCUT2D eigenvalue weighted by Gasteiger charge is -2.22. The van der Waals surface area contributed by atoms with Crippen LogP contribution in [0.2, 0.25) is 0 Å². The first kappa shape index (κ1) is 15.1. The van der Waals surface area contributed by atoms with E-state index in [0.717, 1.165) is 18.8 Å². The van der Waals surface area contributed by atoms with E-state index in [2.05, 4.69) is 31.2 Å². The summed E-state index contributed by atoms with van der Waals surface area (Å²) < 4.78 is 0. The van der Waals surface area contributed by atoms with E-state index < -0.39 is 5.97 Å². The molecule has 1 atom stereocenters. The minimum Gasteiger partial charge on any atom is -0.481 e. The van der Waals surface area contributed by atoms with Gasteiger partial charge in [0.1, 0.15) is 0 Å². The Bertz CT molecular complexity index is 416. The Morgan fingerprint density at radius 3 is 2.45 bits per heavy atom. The van der Waals surface area contributed by atoms with Crippen molar-refractivity contribution in [3.05, 3.63) is 35.4 Å². The molecule has 2 rings (SSSR count). The van der Waals surface area contributed by atoms with Crippen LogP contribution >= 0.6 is 0 Å². The molecule has 1 aromatic rings. The fourth-order valence-corrected chi connectivity index (χ4v) is 3.24. The molecule has 1 unspecified atom stereocenters. The van der Waals surface area contributed by atoms with Crippen LogP contribution in [0.1, 0.15) is 68.9 Å². The van der Waals surface area contributed by atoms with E-state index in [-0.39, 0.29) is 6.42 Å². The Labute approximate surface area is 122 Å². The molecule has 0 bridgehead atoms. The minimum atomic E-state index is -0.690. The highest BCUT2D eigenvalue weighted by atomic mass is 16.4. The molecule has 2 nitrogen and oxygen atoms in total. The lowest BCUT2D eigenvalue weighted by atomic mass is 9.83. The molecular formula is C18H26O2. The fourth-order valence-electron chi connectivity index (χ4n) is 3.24. The second-order valence-corrected chi connectivity index (χ2v) is 6.32. The average Bonchev–Trinajstić information content (AvgIpc) is 2.47. The van der Waals surface area contributed by atoms with Crippen LogP contribution in [0.15, 0.2) is 24.3 Å². The van der Waals surface area contributed by atoms with Crippen molar-refractivity contribution in [3.8, 4) is 0 Å². The third kappa shape index (κ3) is 4.66. The van der Waals surface area contributed by atoms with E-state index in [1.54, 1.807) is 0 Å². The molecular weight excluding hydrogens is 248 g/mol. The van der Waals surface area contributed by atoms with Crippen LogP contribution in [0.4, 0.5) is 0 Å². The smallest absolute Gasteiger partial charge is 0.303 e. The molecule has 1 aromatic carbocycles. The van der Waals surface area contributed by atoms with Crippen LogP contribution in [0.25, 0.3) is 0 Å². The number of benzene rings is 1. The second-order valence-electron chi connectivity index (χ2n) is 6.32. The van der Waals surface area contributed by atoms with Crippen molar-refractivity contribution in [2.45, 2.75) is 64.2 Å². The first-order chi connectivity index (χ1) is 9.65. The van der Waals surface area contributed by atoms with Crippen LogP contribution in [-0.4, -0.2) is 11.1 Å². The first-order valence-corrected chi connectivity index (χ1v) is 7.96. The maximum Gasteiger partial charge on any atom is 0.303 e. The van der Waals surface area contributed by atoms with Crippen LogP contribution in [0.3, 0.4) is 0 Å². The molecule has 1 fully saturated rings. The van der Waals surface area contributed by atoms with Gasteiger partial charge in [0.25, 0.3) is 0 Å². The van der Waals surface area contributed by atoms with Gasteiger partial charge in [0, 0.05) is 6.42 Å². The molecule has 1 aliphatic carbocycles. The van der Waals surface area contributed by atoms with Gasteiger partial charge in [0.05, 0.1) is 0 Å². The zero-order valence-corrected chi connectivity index (χ0v) is 12.5. The predicted octanol–water partition coefficient (Wildman–Crippen LogP) is 4.78. The fraction of sp³-hybridized carbons (Fsp3) is 0.611. The Kier molecular flexibility index (Phi) is 5.63. The summed E-state index contributed by atoms with van der Waals surface area (Å²) in [6.45, 7) is 2.14. The van der Waals surface area contributed by atoms with Gasteiger partial charge in [-0.2, -0.15) is 0 Å². The zero-order chi connectivity index (χ0) is 14.4. The highest BCUT2D eigenvalue weighted by Crippen LogP contribution is 2.32. The quantitative estimate of drug-likeness (QED) is 0.810. The van der Waals surface area contributed by atoms with Crippen molar-refractivity contribution in [2.75, 3.05) is 0 Å². The van der Waals surface area contributed by atoms with E-state index in [1.165, 1.54) is 43.2 Å². The van der Waals surface area contributed by atoms with Crippen molar-refractivity contribution < 1.29 is 9.90 Å². The molecule has 0 aliphatic heterocycles. The SMILES string of the molecule is CC(CCC(=O)O)Cc1ccc(C2CCCCC2)cc1. The summed E-state index contributed by atoms with van der Waals surface area (Å²) in [6, 6.07) is 9.05. The molecule has 20 heavy (non-hydrogen) atoms. The van der Waals surface area contributed by atoms with Crippen molar-refractivity contribution in [2.24, 2.45) is 5.92 Å². The Balaban J connectivity index is 1.85. The van der Waals surface area contributed by atoms with Gasteiger partial charge in [-0.25, -0.2) is 0 Å². The van der Waals surface area contributed by atoms with Crippen molar-refractivity contribution in [1.82, 2.24) is 0 Å². The number of carbonyl (C=O) groups is 1. The highest BCUT2D eigenvalue weighted by molar-refractivity contribution is 5.66. The average molecular weight is 274 g/mol. The maximum atomic E-state index is 10.6. The molecule has 1 N–H and O–H groups in total. The second kappa shape index (κ2) is 7.47. The third-order valence-corrected chi connectivity index (χ3v) is 4.49. The summed E-state index contributed by atoms with van der Waals surface area (Å²) in [5.74, 6) is 0.512. The molecule has 0 radical (unpaired) electrons. The molecule has 1 aliphatic rings. The number of carboxylic acid groups (broad SMARTS) is 1. The van der Waals surface area contributed by atoms with Gasteiger partial charge in [-0.15, -0.1) is 0 Å². The van der Waals surface area contributed by atoms with Crippen molar-refractivity contribution in [3.63, 3.8) is 0 Å². The summed E-state index contributed by atoms with van der Waals surface area (Å²) in [6.07, 6.45) is 8.86. The Morgan fingerprint density at radius 1 is 1.20 bits per heavy atom. The largest absolute Gasteiger partial charge is 0.481 e. The van der Waals surface area contributed by atoms with E-state index in [9.17, 15) is 4.79 Å². The molecule has 2 heteroatoms. The molecule has 110 valence electrons. The number of hydrogen-bond acceptors (Lipinski definition) is 1. The maximum absolute atomic E-state index is 10.6. The molecule has 0 saturated heterocycles. The molecule has 0 heterocycles. The van der Waals surface area contributed by atoms with E-state index in [0.29, 0.717) is 5.92 Å². The summed E-state index contributed by atoms with van der Waals surface area (Å²) in [7, 11) is 0. The van der Waals surface area contributed by atoms with Gasteiger partial charge in [-0.1, -0.05) is 50.5 Å². The van der Waals surface area contributed by atoms with Gasteiger partial charge in [0.2, 0.25) is 0 Å². The Morgan fingerprint density at radius 2 is 1.85 bits per heavy atom. The summed E-state index contributed by atoms with van der Waals surface area (Å²) in [4.78, 5) is 10.6. The van der Waals surface area contributed by atoms with E-state index in [4.69, 9.17) is 5.11 Å². The van der Waals surface area contributed by atoms with Gasteiger partial charge in [-0.3, -0.25) is 4.79 Å². The first-order valence-electron chi connectivity index (χ1n) is 7.96. The number of carboxylic acids is 1.